The molecule has 0 radical (unpaired) electrons. The summed E-state index contributed by atoms with van der Waals surface area (Å²) in [6.07, 6.45) is 5.31. The van der Waals surface area contributed by atoms with Gasteiger partial charge in [-0.3, -0.25) is 0 Å². The molecule has 23 heavy (non-hydrogen) atoms. The van der Waals surface area contributed by atoms with Gasteiger partial charge in [-0.1, -0.05) is 44.0 Å². The molecule has 1 saturated heterocycles. The van der Waals surface area contributed by atoms with Crippen LogP contribution in [0.2, 0.25) is 0 Å². The highest BCUT2D eigenvalue weighted by atomic mass is 16.5. The van der Waals surface area contributed by atoms with Gasteiger partial charge in [0.25, 0.3) is 0 Å². The zero-order valence-electron chi connectivity index (χ0n) is 14.6. The molecular formula is C20H31NO2. The van der Waals surface area contributed by atoms with E-state index in [0.29, 0.717) is 25.2 Å². The quantitative estimate of drug-likeness (QED) is 0.844. The van der Waals surface area contributed by atoms with Crippen molar-refractivity contribution in [3.05, 3.63) is 35.4 Å². The summed E-state index contributed by atoms with van der Waals surface area (Å²) in [5, 5.41) is 13.5. The fourth-order valence-electron chi connectivity index (χ4n) is 4.22. The molecule has 1 aromatic carbocycles. The van der Waals surface area contributed by atoms with Crippen LogP contribution in [0.3, 0.4) is 0 Å². The monoisotopic (exact) mass is 317 g/mol. The molecule has 3 heteroatoms. The van der Waals surface area contributed by atoms with Crippen molar-refractivity contribution in [1.29, 1.82) is 0 Å². The van der Waals surface area contributed by atoms with E-state index in [9.17, 15) is 5.11 Å². The van der Waals surface area contributed by atoms with Gasteiger partial charge in [-0.2, -0.15) is 0 Å². The van der Waals surface area contributed by atoms with Crippen LogP contribution in [0, 0.1) is 24.2 Å². The number of benzene rings is 1. The summed E-state index contributed by atoms with van der Waals surface area (Å²) in [6.45, 7) is 7.01. The number of hydrogen-bond acceptors (Lipinski definition) is 3. The second kappa shape index (κ2) is 7.33. The van der Waals surface area contributed by atoms with Gasteiger partial charge in [0.15, 0.2) is 0 Å². The van der Waals surface area contributed by atoms with Crippen LogP contribution in [0.25, 0.3) is 0 Å². The van der Waals surface area contributed by atoms with E-state index >= 15 is 0 Å². The maximum Gasteiger partial charge on any atom is 0.0579 e. The SMILES string of the molecule is Cc1ccccc1C(NCC1(CO)COC1)C1CCCC(C)C1. The van der Waals surface area contributed by atoms with E-state index in [4.69, 9.17) is 4.74 Å². The summed E-state index contributed by atoms with van der Waals surface area (Å²) >= 11 is 0. The Kier molecular flexibility index (Phi) is 5.40. The molecule has 3 atom stereocenters. The van der Waals surface area contributed by atoms with Gasteiger partial charge in [0.05, 0.1) is 25.2 Å². The van der Waals surface area contributed by atoms with Crippen LogP contribution in [0.15, 0.2) is 24.3 Å². The molecule has 0 bridgehead atoms. The van der Waals surface area contributed by atoms with E-state index in [1.54, 1.807) is 0 Å². The van der Waals surface area contributed by atoms with Gasteiger partial charge in [-0.25, -0.2) is 0 Å². The lowest BCUT2D eigenvalue weighted by molar-refractivity contribution is -0.135. The average molecular weight is 317 g/mol. The standard InChI is InChI=1S/C20H31NO2/c1-15-6-5-8-17(10-15)19(18-9-4-3-7-16(18)2)21-11-20(12-22)13-23-14-20/h3-4,7,9,15,17,19,21-22H,5-6,8,10-14H2,1-2H3. The van der Waals surface area contributed by atoms with Gasteiger partial charge in [0.1, 0.15) is 0 Å². The largest absolute Gasteiger partial charge is 0.396 e. The Hall–Kier alpha value is -0.900. The van der Waals surface area contributed by atoms with Crippen molar-refractivity contribution in [2.75, 3.05) is 26.4 Å². The molecule has 2 N–H and O–H groups in total. The molecule has 0 aromatic heterocycles. The van der Waals surface area contributed by atoms with Crippen molar-refractivity contribution < 1.29 is 9.84 Å². The van der Waals surface area contributed by atoms with E-state index in [0.717, 1.165) is 12.5 Å². The lowest BCUT2D eigenvalue weighted by Gasteiger charge is -2.43. The van der Waals surface area contributed by atoms with Crippen LogP contribution in [0.1, 0.15) is 49.8 Å². The lowest BCUT2D eigenvalue weighted by Crippen LogP contribution is -2.53. The first-order valence-corrected chi connectivity index (χ1v) is 9.11. The lowest BCUT2D eigenvalue weighted by atomic mass is 9.75. The highest BCUT2D eigenvalue weighted by Crippen LogP contribution is 2.39. The molecule has 1 aromatic rings. The van der Waals surface area contributed by atoms with Crippen LogP contribution in [-0.2, 0) is 4.74 Å². The van der Waals surface area contributed by atoms with Crippen LogP contribution in [0.4, 0.5) is 0 Å². The zero-order chi connectivity index (χ0) is 16.3. The minimum Gasteiger partial charge on any atom is -0.396 e. The van der Waals surface area contributed by atoms with Gasteiger partial charge in [0, 0.05) is 12.6 Å². The number of aryl methyl sites for hydroxylation is 1. The van der Waals surface area contributed by atoms with E-state index in [1.165, 1.54) is 36.8 Å². The van der Waals surface area contributed by atoms with Gasteiger partial charge in [0.2, 0.25) is 0 Å². The number of aliphatic hydroxyl groups excluding tert-OH is 1. The zero-order valence-corrected chi connectivity index (χ0v) is 14.6. The Morgan fingerprint density at radius 3 is 2.70 bits per heavy atom. The smallest absolute Gasteiger partial charge is 0.0579 e. The molecule has 3 rings (SSSR count). The average Bonchev–Trinajstić information content (AvgIpc) is 2.51. The summed E-state index contributed by atoms with van der Waals surface area (Å²) < 4.78 is 5.35. The fourth-order valence-corrected chi connectivity index (χ4v) is 4.22. The molecule has 1 aliphatic heterocycles. The second-order valence-corrected chi connectivity index (χ2v) is 7.90. The molecule has 2 fully saturated rings. The first-order chi connectivity index (χ1) is 11.1. The molecule has 0 amide bonds. The summed E-state index contributed by atoms with van der Waals surface area (Å²) in [5.74, 6) is 1.51. The Morgan fingerprint density at radius 2 is 2.09 bits per heavy atom. The third-order valence-electron chi connectivity index (χ3n) is 5.82. The van der Waals surface area contributed by atoms with E-state index < -0.39 is 0 Å². The molecule has 1 saturated carbocycles. The fraction of sp³-hybridized carbons (Fsp3) is 0.700. The van der Waals surface area contributed by atoms with Crippen LogP contribution < -0.4 is 5.32 Å². The first kappa shape index (κ1) is 16.9. The van der Waals surface area contributed by atoms with Crippen LogP contribution in [0.5, 0.6) is 0 Å². The predicted octanol–water partition coefficient (Wildman–Crippen LogP) is 3.46. The van der Waals surface area contributed by atoms with Crippen molar-refractivity contribution in [3.8, 4) is 0 Å². The predicted molar refractivity (Wildman–Crippen MR) is 93.4 cm³/mol. The summed E-state index contributed by atoms with van der Waals surface area (Å²) in [7, 11) is 0. The number of aliphatic hydroxyl groups is 1. The summed E-state index contributed by atoms with van der Waals surface area (Å²) in [6, 6.07) is 9.15. The second-order valence-electron chi connectivity index (χ2n) is 7.90. The third-order valence-corrected chi connectivity index (χ3v) is 5.82. The summed E-state index contributed by atoms with van der Waals surface area (Å²) in [5.41, 5.74) is 2.73. The number of ether oxygens (including phenoxy) is 1. The number of hydrogen-bond donors (Lipinski definition) is 2. The van der Waals surface area contributed by atoms with Gasteiger partial charge >= 0.3 is 0 Å². The minimum atomic E-state index is -0.0682. The molecule has 3 unspecified atom stereocenters. The van der Waals surface area contributed by atoms with Gasteiger partial charge in [-0.05, 0) is 42.7 Å². The molecule has 3 nitrogen and oxygen atoms in total. The van der Waals surface area contributed by atoms with Gasteiger partial charge < -0.3 is 15.2 Å². The van der Waals surface area contributed by atoms with E-state index in [1.807, 2.05) is 0 Å². The molecule has 128 valence electrons. The Morgan fingerprint density at radius 1 is 1.30 bits per heavy atom. The molecule has 0 spiro atoms. The van der Waals surface area contributed by atoms with E-state index in [2.05, 4.69) is 43.4 Å². The number of rotatable bonds is 6. The molecule has 1 aliphatic carbocycles. The third kappa shape index (κ3) is 3.78. The van der Waals surface area contributed by atoms with Crippen molar-refractivity contribution in [2.45, 2.75) is 45.6 Å². The van der Waals surface area contributed by atoms with E-state index in [-0.39, 0.29) is 12.0 Å². The highest BCUT2D eigenvalue weighted by Gasteiger charge is 2.39. The highest BCUT2D eigenvalue weighted by molar-refractivity contribution is 5.29. The van der Waals surface area contributed by atoms with Crippen molar-refractivity contribution in [3.63, 3.8) is 0 Å². The van der Waals surface area contributed by atoms with Crippen molar-refractivity contribution in [2.24, 2.45) is 17.3 Å². The Balaban J connectivity index is 1.77. The minimum absolute atomic E-state index is 0.0682. The topological polar surface area (TPSA) is 41.5 Å². The Bertz CT molecular complexity index is 507. The van der Waals surface area contributed by atoms with Crippen molar-refractivity contribution >= 4 is 0 Å². The Labute approximate surface area is 140 Å². The maximum absolute atomic E-state index is 9.71. The summed E-state index contributed by atoms with van der Waals surface area (Å²) in [4.78, 5) is 0. The first-order valence-electron chi connectivity index (χ1n) is 9.11. The van der Waals surface area contributed by atoms with Crippen LogP contribution >= 0.6 is 0 Å². The molecular weight excluding hydrogens is 286 g/mol. The van der Waals surface area contributed by atoms with Crippen LogP contribution in [-0.4, -0.2) is 31.5 Å². The maximum atomic E-state index is 9.71. The van der Waals surface area contributed by atoms with Crippen molar-refractivity contribution in [1.82, 2.24) is 5.32 Å². The molecule has 2 aliphatic rings. The number of nitrogens with one attached hydrogen (secondary N) is 1. The normalized spacial score (nSPS) is 28.1. The molecule has 1 heterocycles. The van der Waals surface area contributed by atoms with Gasteiger partial charge in [-0.15, -0.1) is 0 Å².